The highest BCUT2D eigenvalue weighted by Crippen LogP contribution is 2.34. The van der Waals surface area contributed by atoms with Crippen LogP contribution >= 0.6 is 0 Å². The molecular formula is C20H29NO4. The SMILES string of the molecule is CCOC(=O)C1CN(C(=O)OC(C)(C)C)CCC1c1ccc(C)cc1. The van der Waals surface area contributed by atoms with Gasteiger partial charge in [0.1, 0.15) is 5.60 Å². The van der Waals surface area contributed by atoms with Gasteiger partial charge in [-0.25, -0.2) is 4.79 Å². The van der Waals surface area contributed by atoms with Crippen LogP contribution in [-0.4, -0.2) is 42.3 Å². The third-order valence-corrected chi connectivity index (χ3v) is 4.36. The van der Waals surface area contributed by atoms with E-state index in [1.165, 1.54) is 5.56 Å². The molecule has 1 aliphatic heterocycles. The van der Waals surface area contributed by atoms with E-state index in [1.54, 1.807) is 11.8 Å². The normalized spacial score (nSPS) is 20.9. The molecule has 5 heteroatoms. The van der Waals surface area contributed by atoms with E-state index in [9.17, 15) is 9.59 Å². The molecule has 0 spiro atoms. The number of carbonyl (C=O) groups is 2. The van der Waals surface area contributed by atoms with Crippen LogP contribution in [0.4, 0.5) is 4.79 Å². The fourth-order valence-electron chi connectivity index (χ4n) is 3.15. The van der Waals surface area contributed by atoms with Crippen LogP contribution in [0.15, 0.2) is 24.3 Å². The largest absolute Gasteiger partial charge is 0.466 e. The first-order valence-electron chi connectivity index (χ1n) is 8.92. The molecule has 1 fully saturated rings. The average molecular weight is 347 g/mol. The summed E-state index contributed by atoms with van der Waals surface area (Å²) in [6.07, 6.45) is 0.343. The van der Waals surface area contributed by atoms with E-state index >= 15 is 0 Å². The summed E-state index contributed by atoms with van der Waals surface area (Å²) in [5.41, 5.74) is 1.75. The second kappa shape index (κ2) is 7.89. The molecule has 2 atom stereocenters. The zero-order valence-electron chi connectivity index (χ0n) is 15.9. The van der Waals surface area contributed by atoms with Gasteiger partial charge in [0, 0.05) is 19.0 Å². The summed E-state index contributed by atoms with van der Waals surface area (Å²) in [5.74, 6) is -0.566. The van der Waals surface area contributed by atoms with Crippen molar-refractivity contribution < 1.29 is 19.1 Å². The Hall–Kier alpha value is -2.04. The Morgan fingerprint density at radius 1 is 1.20 bits per heavy atom. The molecule has 25 heavy (non-hydrogen) atoms. The van der Waals surface area contributed by atoms with Gasteiger partial charge in [-0.3, -0.25) is 4.79 Å². The monoisotopic (exact) mass is 347 g/mol. The lowest BCUT2D eigenvalue weighted by Crippen LogP contribution is -2.47. The molecule has 1 heterocycles. The maximum absolute atomic E-state index is 12.5. The highest BCUT2D eigenvalue weighted by Gasteiger charge is 2.39. The van der Waals surface area contributed by atoms with Crippen LogP contribution in [0.5, 0.6) is 0 Å². The molecule has 1 aliphatic rings. The van der Waals surface area contributed by atoms with Gasteiger partial charge in [0.2, 0.25) is 0 Å². The minimum Gasteiger partial charge on any atom is -0.466 e. The topological polar surface area (TPSA) is 55.8 Å². The summed E-state index contributed by atoms with van der Waals surface area (Å²) in [5, 5.41) is 0. The molecule has 1 aromatic carbocycles. The minimum absolute atomic E-state index is 0.0540. The smallest absolute Gasteiger partial charge is 0.410 e. The van der Waals surface area contributed by atoms with Gasteiger partial charge in [0.15, 0.2) is 0 Å². The fourth-order valence-corrected chi connectivity index (χ4v) is 3.15. The van der Waals surface area contributed by atoms with E-state index in [4.69, 9.17) is 9.47 Å². The highest BCUT2D eigenvalue weighted by atomic mass is 16.6. The van der Waals surface area contributed by atoms with E-state index in [0.29, 0.717) is 26.1 Å². The van der Waals surface area contributed by atoms with Crippen LogP contribution in [-0.2, 0) is 14.3 Å². The number of hydrogen-bond acceptors (Lipinski definition) is 4. The first-order valence-corrected chi connectivity index (χ1v) is 8.92. The molecule has 0 N–H and O–H groups in total. The Morgan fingerprint density at radius 3 is 2.40 bits per heavy atom. The summed E-state index contributed by atoms with van der Waals surface area (Å²) >= 11 is 0. The predicted octanol–water partition coefficient (Wildman–Crippen LogP) is 3.90. The zero-order valence-corrected chi connectivity index (χ0v) is 15.9. The Balaban J connectivity index is 2.18. The molecule has 0 radical (unpaired) electrons. The number of hydrogen-bond donors (Lipinski definition) is 0. The molecule has 138 valence electrons. The lowest BCUT2D eigenvalue weighted by molar-refractivity contribution is -0.150. The third-order valence-electron chi connectivity index (χ3n) is 4.36. The van der Waals surface area contributed by atoms with Crippen molar-refractivity contribution in [3.63, 3.8) is 0 Å². The van der Waals surface area contributed by atoms with Crippen molar-refractivity contribution in [3.8, 4) is 0 Å². The summed E-state index contributed by atoms with van der Waals surface area (Å²) in [7, 11) is 0. The van der Waals surface area contributed by atoms with Gasteiger partial charge >= 0.3 is 12.1 Å². The van der Waals surface area contributed by atoms with Crippen LogP contribution in [0, 0.1) is 12.8 Å². The zero-order chi connectivity index (χ0) is 18.6. The summed E-state index contributed by atoms with van der Waals surface area (Å²) in [4.78, 5) is 26.5. The van der Waals surface area contributed by atoms with E-state index < -0.39 is 5.60 Å². The number of ether oxygens (including phenoxy) is 2. The van der Waals surface area contributed by atoms with Crippen molar-refractivity contribution in [2.75, 3.05) is 19.7 Å². The van der Waals surface area contributed by atoms with Gasteiger partial charge in [-0.05, 0) is 46.6 Å². The van der Waals surface area contributed by atoms with E-state index in [0.717, 1.165) is 5.56 Å². The number of rotatable bonds is 3. The lowest BCUT2D eigenvalue weighted by atomic mass is 9.80. The second-order valence-electron chi connectivity index (χ2n) is 7.59. The van der Waals surface area contributed by atoms with Crippen molar-refractivity contribution in [1.29, 1.82) is 0 Å². The van der Waals surface area contributed by atoms with Crippen LogP contribution in [0.25, 0.3) is 0 Å². The van der Waals surface area contributed by atoms with Crippen LogP contribution in [0.3, 0.4) is 0 Å². The van der Waals surface area contributed by atoms with Crippen molar-refractivity contribution >= 4 is 12.1 Å². The third kappa shape index (κ3) is 5.21. The number of aryl methyl sites for hydroxylation is 1. The molecule has 0 bridgehead atoms. The van der Waals surface area contributed by atoms with Crippen molar-refractivity contribution in [2.45, 2.75) is 52.6 Å². The molecule has 1 saturated heterocycles. The number of piperidine rings is 1. The minimum atomic E-state index is -0.551. The average Bonchev–Trinajstić information content (AvgIpc) is 2.54. The molecule has 1 aromatic rings. The van der Waals surface area contributed by atoms with Gasteiger partial charge in [0.25, 0.3) is 0 Å². The Labute approximate surface area is 150 Å². The first kappa shape index (κ1) is 19.3. The number of benzene rings is 1. The van der Waals surface area contributed by atoms with E-state index in [1.807, 2.05) is 27.7 Å². The summed E-state index contributed by atoms with van der Waals surface area (Å²) < 4.78 is 10.7. The molecular weight excluding hydrogens is 318 g/mol. The molecule has 0 saturated carbocycles. The van der Waals surface area contributed by atoms with Crippen LogP contribution < -0.4 is 0 Å². The predicted molar refractivity (Wildman–Crippen MR) is 96.5 cm³/mol. The van der Waals surface area contributed by atoms with Crippen LogP contribution in [0.2, 0.25) is 0 Å². The summed E-state index contributed by atoms with van der Waals surface area (Å²) in [6.45, 7) is 10.6. The van der Waals surface area contributed by atoms with Gasteiger partial charge in [-0.15, -0.1) is 0 Å². The van der Waals surface area contributed by atoms with Gasteiger partial charge < -0.3 is 14.4 Å². The molecule has 5 nitrogen and oxygen atoms in total. The molecule has 2 rings (SSSR count). The number of esters is 1. The number of likely N-dealkylation sites (tertiary alicyclic amines) is 1. The number of amides is 1. The molecule has 2 unspecified atom stereocenters. The molecule has 0 aliphatic carbocycles. The number of nitrogens with zero attached hydrogens (tertiary/aromatic N) is 1. The van der Waals surface area contributed by atoms with Gasteiger partial charge in [-0.1, -0.05) is 29.8 Å². The Morgan fingerprint density at radius 2 is 1.84 bits per heavy atom. The maximum Gasteiger partial charge on any atom is 0.410 e. The quantitative estimate of drug-likeness (QED) is 0.778. The van der Waals surface area contributed by atoms with E-state index in [-0.39, 0.29) is 23.9 Å². The Kier molecular flexibility index (Phi) is 6.09. The van der Waals surface area contributed by atoms with Gasteiger partial charge in [0.05, 0.1) is 12.5 Å². The molecule has 1 amide bonds. The number of carbonyl (C=O) groups excluding carboxylic acids is 2. The van der Waals surface area contributed by atoms with E-state index in [2.05, 4.69) is 24.3 Å². The molecule has 0 aromatic heterocycles. The first-order chi connectivity index (χ1) is 11.7. The second-order valence-corrected chi connectivity index (χ2v) is 7.59. The lowest BCUT2D eigenvalue weighted by Gasteiger charge is -2.38. The summed E-state index contributed by atoms with van der Waals surface area (Å²) in [6, 6.07) is 8.24. The van der Waals surface area contributed by atoms with Crippen molar-refractivity contribution in [2.24, 2.45) is 5.92 Å². The Bertz CT molecular complexity index is 603. The standard InChI is InChI=1S/C20H29NO4/c1-6-24-18(22)17-13-21(19(23)25-20(3,4)5)12-11-16(17)15-9-7-14(2)8-10-15/h7-10,16-17H,6,11-13H2,1-5H3. The van der Waals surface area contributed by atoms with Gasteiger partial charge in [-0.2, -0.15) is 0 Å². The fraction of sp³-hybridized carbons (Fsp3) is 0.600. The van der Waals surface area contributed by atoms with Crippen molar-refractivity contribution in [1.82, 2.24) is 4.90 Å². The van der Waals surface area contributed by atoms with Crippen LogP contribution in [0.1, 0.15) is 51.2 Å². The van der Waals surface area contributed by atoms with Crippen molar-refractivity contribution in [3.05, 3.63) is 35.4 Å². The maximum atomic E-state index is 12.5. The highest BCUT2D eigenvalue weighted by molar-refractivity contribution is 5.76.